The molecule has 0 spiro atoms. The number of nitrogens with zero attached hydrogens (tertiary/aromatic N) is 2. The van der Waals surface area contributed by atoms with Gasteiger partial charge in [-0.25, -0.2) is 4.98 Å². The van der Waals surface area contributed by atoms with Crippen LogP contribution in [0.25, 0.3) is 11.0 Å². The van der Waals surface area contributed by atoms with Gasteiger partial charge in [0.15, 0.2) is 0 Å². The minimum atomic E-state index is 0.201. The maximum atomic E-state index is 4.68. The summed E-state index contributed by atoms with van der Waals surface area (Å²) in [5.74, 6) is 1.17. The minimum absolute atomic E-state index is 0.201. The summed E-state index contributed by atoms with van der Waals surface area (Å²) in [5.41, 5.74) is 2.52. The van der Waals surface area contributed by atoms with E-state index < -0.39 is 0 Å². The second kappa shape index (κ2) is 5.11. The Bertz CT molecular complexity index is 520. The van der Waals surface area contributed by atoms with Crippen LogP contribution in [0.4, 0.5) is 0 Å². The number of para-hydroxylation sites is 2. The summed E-state index contributed by atoms with van der Waals surface area (Å²) in [4.78, 5) is 4.68. The lowest BCUT2D eigenvalue weighted by Crippen LogP contribution is -2.36. The highest BCUT2D eigenvalue weighted by atomic mass is 15.1. The third-order valence-electron chi connectivity index (χ3n) is 3.11. The molecule has 0 aliphatic rings. The van der Waals surface area contributed by atoms with Crippen molar-refractivity contribution in [1.29, 1.82) is 0 Å². The van der Waals surface area contributed by atoms with E-state index in [0.717, 1.165) is 24.9 Å². The Morgan fingerprint density at radius 2 is 1.94 bits per heavy atom. The van der Waals surface area contributed by atoms with Crippen LogP contribution in [0, 0.1) is 0 Å². The van der Waals surface area contributed by atoms with Crippen LogP contribution >= 0.6 is 0 Å². The number of aryl methyl sites for hydroxylation is 2. The first kappa shape index (κ1) is 13.1. The highest BCUT2D eigenvalue weighted by Crippen LogP contribution is 2.15. The lowest BCUT2D eigenvalue weighted by molar-refractivity contribution is 0.421. The summed E-state index contributed by atoms with van der Waals surface area (Å²) in [6.45, 7) is 7.62. The van der Waals surface area contributed by atoms with Crippen molar-refractivity contribution in [3.8, 4) is 0 Å². The van der Waals surface area contributed by atoms with Crippen LogP contribution in [0.5, 0.6) is 0 Å². The van der Waals surface area contributed by atoms with E-state index in [1.54, 1.807) is 0 Å². The summed E-state index contributed by atoms with van der Waals surface area (Å²) < 4.78 is 2.20. The van der Waals surface area contributed by atoms with Gasteiger partial charge >= 0.3 is 0 Å². The molecule has 0 atom stereocenters. The van der Waals surface area contributed by atoms with E-state index in [9.17, 15) is 0 Å². The van der Waals surface area contributed by atoms with E-state index in [-0.39, 0.29) is 5.54 Å². The predicted octanol–water partition coefficient (Wildman–Crippen LogP) is 2.89. The molecule has 0 bridgehead atoms. The highest BCUT2D eigenvalue weighted by Gasteiger charge is 2.09. The summed E-state index contributed by atoms with van der Waals surface area (Å²) in [7, 11) is 2.10. The van der Waals surface area contributed by atoms with Gasteiger partial charge in [-0.15, -0.1) is 0 Å². The maximum Gasteiger partial charge on any atom is 0.109 e. The molecule has 1 aromatic heterocycles. The molecule has 1 aromatic carbocycles. The molecular weight excluding hydrogens is 222 g/mol. The Morgan fingerprint density at radius 3 is 2.61 bits per heavy atom. The van der Waals surface area contributed by atoms with Crippen molar-refractivity contribution in [3.05, 3.63) is 30.1 Å². The van der Waals surface area contributed by atoms with E-state index in [4.69, 9.17) is 0 Å². The molecule has 2 rings (SSSR count). The fourth-order valence-corrected chi connectivity index (χ4v) is 2.13. The van der Waals surface area contributed by atoms with E-state index in [2.05, 4.69) is 60.9 Å². The van der Waals surface area contributed by atoms with Gasteiger partial charge in [-0.3, -0.25) is 0 Å². The molecule has 0 aliphatic carbocycles. The summed E-state index contributed by atoms with van der Waals surface area (Å²) in [6.07, 6.45) is 2.14. The Labute approximate surface area is 109 Å². The molecule has 3 heteroatoms. The van der Waals surface area contributed by atoms with Gasteiger partial charge in [0, 0.05) is 19.0 Å². The molecule has 0 fully saturated rings. The van der Waals surface area contributed by atoms with Crippen LogP contribution in [0.1, 0.15) is 33.0 Å². The average Bonchev–Trinajstić information content (AvgIpc) is 2.62. The van der Waals surface area contributed by atoms with Crippen molar-refractivity contribution in [3.63, 3.8) is 0 Å². The normalized spacial score (nSPS) is 12.2. The second-order valence-corrected chi connectivity index (χ2v) is 5.86. The van der Waals surface area contributed by atoms with E-state index in [1.165, 1.54) is 11.3 Å². The van der Waals surface area contributed by atoms with E-state index >= 15 is 0 Å². The Hall–Kier alpha value is -1.35. The van der Waals surface area contributed by atoms with Gasteiger partial charge in [0.25, 0.3) is 0 Å². The second-order valence-electron chi connectivity index (χ2n) is 5.86. The molecule has 18 heavy (non-hydrogen) atoms. The van der Waals surface area contributed by atoms with Crippen molar-refractivity contribution < 1.29 is 0 Å². The molecule has 1 N–H and O–H groups in total. The van der Waals surface area contributed by atoms with Crippen molar-refractivity contribution >= 4 is 11.0 Å². The first-order valence-electron chi connectivity index (χ1n) is 6.63. The fraction of sp³-hybridized carbons (Fsp3) is 0.533. The molecular formula is C15H23N3. The molecule has 0 amide bonds. The largest absolute Gasteiger partial charge is 0.331 e. The van der Waals surface area contributed by atoms with Crippen molar-refractivity contribution in [2.45, 2.75) is 39.2 Å². The van der Waals surface area contributed by atoms with Crippen LogP contribution < -0.4 is 5.32 Å². The molecule has 0 saturated carbocycles. The van der Waals surface area contributed by atoms with Gasteiger partial charge in [0.2, 0.25) is 0 Å². The van der Waals surface area contributed by atoms with Crippen molar-refractivity contribution in [1.82, 2.24) is 14.9 Å². The smallest absolute Gasteiger partial charge is 0.109 e. The Kier molecular flexibility index (Phi) is 3.71. The molecule has 0 radical (unpaired) electrons. The van der Waals surface area contributed by atoms with Crippen molar-refractivity contribution in [2.24, 2.45) is 7.05 Å². The topological polar surface area (TPSA) is 29.9 Å². The molecule has 3 nitrogen and oxygen atoms in total. The third-order valence-corrected chi connectivity index (χ3v) is 3.11. The lowest BCUT2D eigenvalue weighted by Gasteiger charge is -2.20. The number of rotatable bonds is 4. The Morgan fingerprint density at radius 1 is 1.22 bits per heavy atom. The molecule has 0 saturated heterocycles. The van der Waals surface area contributed by atoms with Crippen LogP contribution in [-0.4, -0.2) is 21.6 Å². The average molecular weight is 245 g/mol. The maximum absolute atomic E-state index is 4.68. The first-order chi connectivity index (χ1) is 8.47. The molecule has 98 valence electrons. The van der Waals surface area contributed by atoms with E-state index in [0.29, 0.717) is 0 Å². The summed E-state index contributed by atoms with van der Waals surface area (Å²) in [6, 6.07) is 8.31. The zero-order valence-corrected chi connectivity index (χ0v) is 11.8. The SMILES string of the molecule is Cn1c(CCCNC(C)(C)C)nc2ccccc21. The highest BCUT2D eigenvalue weighted by molar-refractivity contribution is 5.75. The van der Waals surface area contributed by atoms with Crippen LogP contribution in [-0.2, 0) is 13.5 Å². The number of aromatic nitrogens is 2. The van der Waals surface area contributed by atoms with Gasteiger partial charge in [0.05, 0.1) is 11.0 Å². The molecule has 0 unspecified atom stereocenters. The van der Waals surface area contributed by atoms with Crippen LogP contribution in [0.2, 0.25) is 0 Å². The van der Waals surface area contributed by atoms with Gasteiger partial charge in [-0.2, -0.15) is 0 Å². The predicted molar refractivity (Wildman–Crippen MR) is 76.8 cm³/mol. The van der Waals surface area contributed by atoms with Gasteiger partial charge in [-0.05, 0) is 45.9 Å². The number of fused-ring (bicyclic) bond motifs is 1. The van der Waals surface area contributed by atoms with Gasteiger partial charge in [-0.1, -0.05) is 12.1 Å². The van der Waals surface area contributed by atoms with Gasteiger partial charge in [0.1, 0.15) is 5.82 Å². The lowest BCUT2D eigenvalue weighted by atomic mass is 10.1. The van der Waals surface area contributed by atoms with Crippen molar-refractivity contribution in [2.75, 3.05) is 6.54 Å². The first-order valence-corrected chi connectivity index (χ1v) is 6.63. The number of nitrogens with one attached hydrogen (secondary N) is 1. The van der Waals surface area contributed by atoms with Crippen LogP contribution in [0.3, 0.4) is 0 Å². The summed E-state index contributed by atoms with van der Waals surface area (Å²) in [5, 5.41) is 3.51. The minimum Gasteiger partial charge on any atom is -0.331 e. The zero-order chi connectivity index (χ0) is 13.2. The number of benzene rings is 1. The number of hydrogen-bond donors (Lipinski definition) is 1. The molecule has 1 heterocycles. The summed E-state index contributed by atoms with van der Waals surface area (Å²) >= 11 is 0. The zero-order valence-electron chi connectivity index (χ0n) is 11.8. The van der Waals surface area contributed by atoms with Crippen LogP contribution in [0.15, 0.2) is 24.3 Å². The number of hydrogen-bond acceptors (Lipinski definition) is 2. The Balaban J connectivity index is 1.98. The monoisotopic (exact) mass is 245 g/mol. The fourth-order valence-electron chi connectivity index (χ4n) is 2.13. The quantitative estimate of drug-likeness (QED) is 0.839. The number of imidazole rings is 1. The third kappa shape index (κ3) is 3.10. The van der Waals surface area contributed by atoms with Gasteiger partial charge < -0.3 is 9.88 Å². The van der Waals surface area contributed by atoms with E-state index in [1.807, 2.05) is 6.07 Å². The molecule has 0 aliphatic heterocycles. The standard InChI is InChI=1S/C15H23N3/c1-15(2,3)16-11-7-10-14-17-12-8-5-6-9-13(12)18(14)4/h5-6,8-9,16H,7,10-11H2,1-4H3. The molecule has 2 aromatic rings.